The number of amides is 2. The molecule has 0 aliphatic rings. The van der Waals surface area contributed by atoms with Crippen LogP contribution in [0.25, 0.3) is 0 Å². The first kappa shape index (κ1) is 59.3. The quantitative estimate of drug-likeness (QED) is 0.180. The summed E-state index contributed by atoms with van der Waals surface area (Å²) in [4.78, 5) is 75.1. The van der Waals surface area contributed by atoms with Crippen LogP contribution in [0.1, 0.15) is 89.8 Å². The second-order valence-electron chi connectivity index (χ2n) is 12.1. The Kier molecular flexibility index (Phi) is 33.2. The average molecular weight is 972 g/mol. The molecule has 0 spiro atoms. The van der Waals surface area contributed by atoms with E-state index in [-0.39, 0.29) is 73.0 Å². The zero-order chi connectivity index (χ0) is 46.1. The zero-order valence-electron chi connectivity index (χ0n) is 36.3. The van der Waals surface area contributed by atoms with Crippen molar-refractivity contribution in [2.24, 2.45) is 0 Å². The summed E-state index contributed by atoms with van der Waals surface area (Å²) in [6.45, 7) is 10.8. The Morgan fingerprint density at radius 3 is 0.703 bits per heavy atom. The number of carbonyl (C=O) groups excluding carboxylic acids is 6. The smallest absolute Gasteiger partial charge is 0.545 e. The second-order valence-corrected chi connectivity index (χ2v) is 12.1. The van der Waals surface area contributed by atoms with Crippen molar-refractivity contribution in [3.63, 3.8) is 0 Å². The van der Waals surface area contributed by atoms with Crippen LogP contribution in [-0.2, 0) is 39.0 Å². The van der Waals surface area contributed by atoms with Crippen LogP contribution in [0.3, 0.4) is 0 Å². The predicted molar refractivity (Wildman–Crippen MR) is 226 cm³/mol. The molecule has 2 amide bonds. The van der Waals surface area contributed by atoms with Crippen LogP contribution in [0.2, 0.25) is 0 Å². The minimum atomic E-state index is -1.13. The Labute approximate surface area is 399 Å². The van der Waals surface area contributed by atoms with Gasteiger partial charge < -0.3 is 49.4 Å². The van der Waals surface area contributed by atoms with Crippen molar-refractivity contribution in [3.05, 3.63) is 204 Å². The van der Waals surface area contributed by atoms with Gasteiger partial charge >= 0.3 is 39.0 Å². The number of aromatic carboxylic acids is 4. The van der Waals surface area contributed by atoms with Gasteiger partial charge in [0.25, 0.3) is 11.8 Å². The van der Waals surface area contributed by atoms with Crippen molar-refractivity contribution in [1.82, 2.24) is 19.8 Å². The van der Waals surface area contributed by atoms with Crippen LogP contribution in [-0.4, -0.2) is 81.6 Å². The maximum Gasteiger partial charge on any atom is 2.00 e. The van der Waals surface area contributed by atoms with Crippen LogP contribution < -0.4 is 20.4 Å². The summed E-state index contributed by atoms with van der Waals surface area (Å²) in [7, 11) is 0. The molecule has 0 unspecified atom stereocenters. The molecular formula is C48H48N4O10Zn2. The maximum absolute atomic E-state index is 11.7. The van der Waals surface area contributed by atoms with E-state index >= 15 is 0 Å². The number of nitrogens with zero attached hydrogens (tertiary/aromatic N) is 4. The van der Waals surface area contributed by atoms with Gasteiger partial charge in [-0.25, -0.2) is 0 Å². The molecule has 14 nitrogen and oxygen atoms in total. The zero-order valence-corrected chi connectivity index (χ0v) is 42.2. The standard InChI is InChI=1S/2C10H14N2O.4C7H6O2.2Zn/c2*1-3-12(4-2)10(13)9-6-5-7-11-8-9;4*8-7(9)6-4-2-1-3-5-6;;/h2*5-8H,3-4H2,1-2H3;4*1-5H,(H,8,9);;/q;;;;;;2*+2/p-4. The molecule has 2 heterocycles. The van der Waals surface area contributed by atoms with Gasteiger partial charge in [0.2, 0.25) is 0 Å². The van der Waals surface area contributed by atoms with Gasteiger partial charge in [-0.2, -0.15) is 0 Å². The molecule has 0 saturated heterocycles. The molecule has 0 N–H and O–H groups in total. The molecule has 0 radical (unpaired) electrons. The molecule has 0 fully saturated rings. The molecule has 0 atom stereocenters. The fourth-order valence-corrected chi connectivity index (χ4v) is 4.66. The summed E-state index contributed by atoms with van der Waals surface area (Å²) < 4.78 is 0. The maximum atomic E-state index is 11.7. The van der Waals surface area contributed by atoms with Crippen molar-refractivity contribution in [2.75, 3.05) is 26.2 Å². The van der Waals surface area contributed by atoms with Gasteiger partial charge in [-0.1, -0.05) is 121 Å². The van der Waals surface area contributed by atoms with Crippen molar-refractivity contribution < 1.29 is 88.1 Å². The molecule has 64 heavy (non-hydrogen) atoms. The molecule has 16 heteroatoms. The van der Waals surface area contributed by atoms with Gasteiger partial charge in [0.15, 0.2) is 0 Å². The topological polar surface area (TPSA) is 227 Å². The number of carbonyl (C=O) groups is 6. The summed E-state index contributed by atoms with van der Waals surface area (Å²) in [5, 5.41) is 40.4. The number of carboxylic acids is 4. The fraction of sp³-hybridized carbons (Fsp3) is 0.167. The number of pyridine rings is 2. The van der Waals surface area contributed by atoms with E-state index < -0.39 is 23.9 Å². The van der Waals surface area contributed by atoms with Gasteiger partial charge in [0.05, 0.1) is 35.0 Å². The van der Waals surface area contributed by atoms with E-state index in [2.05, 4.69) is 9.97 Å². The van der Waals surface area contributed by atoms with Crippen LogP contribution >= 0.6 is 0 Å². The molecular weight excluding hydrogens is 923 g/mol. The van der Waals surface area contributed by atoms with Crippen molar-refractivity contribution in [3.8, 4) is 0 Å². The minimum Gasteiger partial charge on any atom is -0.545 e. The number of hydrogen-bond acceptors (Lipinski definition) is 12. The number of carboxylic acid groups (broad SMARTS) is 4. The first-order valence-electron chi connectivity index (χ1n) is 19.2. The van der Waals surface area contributed by atoms with Crippen molar-refractivity contribution in [1.29, 1.82) is 0 Å². The summed E-state index contributed by atoms with van der Waals surface area (Å²) in [5.41, 5.74) is 2.20. The van der Waals surface area contributed by atoms with E-state index in [4.69, 9.17) is 0 Å². The first-order valence-corrected chi connectivity index (χ1v) is 19.2. The molecule has 0 aliphatic carbocycles. The largest absolute Gasteiger partial charge is 2.00 e. The monoisotopic (exact) mass is 968 g/mol. The van der Waals surface area contributed by atoms with Gasteiger partial charge in [-0.15, -0.1) is 0 Å². The van der Waals surface area contributed by atoms with Gasteiger partial charge in [-0.3, -0.25) is 19.6 Å². The summed E-state index contributed by atoms with van der Waals surface area (Å²) >= 11 is 0. The molecule has 0 aliphatic heterocycles. The van der Waals surface area contributed by atoms with Crippen LogP contribution in [0.15, 0.2) is 170 Å². The Bertz CT molecular complexity index is 1930. The van der Waals surface area contributed by atoms with E-state index in [1.54, 1.807) is 132 Å². The number of rotatable bonds is 10. The van der Waals surface area contributed by atoms with E-state index in [0.29, 0.717) is 11.1 Å². The summed E-state index contributed by atoms with van der Waals surface area (Å²) in [6.07, 6.45) is 6.53. The molecule has 4 aromatic carbocycles. The number of hydrogen-bond donors (Lipinski definition) is 0. The van der Waals surface area contributed by atoms with E-state index in [1.807, 2.05) is 27.7 Å². The molecule has 6 aromatic rings. The third-order valence-corrected chi connectivity index (χ3v) is 7.96. The SMILES string of the molecule is CCN(CC)C(=O)c1cccnc1.CCN(CC)C(=O)c1cccnc1.O=C([O-])c1ccccc1.O=C([O-])c1ccccc1.O=C([O-])c1ccccc1.O=C([O-])c1ccccc1.[Zn+2].[Zn+2]. The van der Waals surface area contributed by atoms with E-state index in [0.717, 1.165) is 26.2 Å². The molecule has 2 aromatic heterocycles. The predicted octanol–water partition coefficient (Wildman–Crippen LogP) is 3.32. The van der Waals surface area contributed by atoms with Gasteiger partial charge in [0, 0.05) is 51.0 Å². The Balaban J connectivity index is 0. The van der Waals surface area contributed by atoms with Crippen LogP contribution in [0, 0.1) is 0 Å². The van der Waals surface area contributed by atoms with Gasteiger partial charge in [-0.05, 0) is 74.2 Å². The Hall–Kier alpha value is -6.75. The van der Waals surface area contributed by atoms with E-state index in [9.17, 15) is 49.2 Å². The van der Waals surface area contributed by atoms with Crippen molar-refractivity contribution >= 4 is 35.7 Å². The van der Waals surface area contributed by atoms with Crippen LogP contribution in [0.4, 0.5) is 0 Å². The molecule has 0 bridgehead atoms. The fourth-order valence-electron chi connectivity index (χ4n) is 4.66. The first-order chi connectivity index (χ1) is 29.8. The van der Waals surface area contributed by atoms with Crippen LogP contribution in [0.5, 0.6) is 0 Å². The Morgan fingerprint density at radius 1 is 0.359 bits per heavy atom. The molecule has 324 valence electrons. The van der Waals surface area contributed by atoms with E-state index in [1.165, 1.54) is 48.5 Å². The van der Waals surface area contributed by atoms with Gasteiger partial charge in [0.1, 0.15) is 0 Å². The number of aromatic nitrogens is 2. The second kappa shape index (κ2) is 35.8. The summed E-state index contributed by atoms with van der Waals surface area (Å²) in [6, 6.07) is 39.4. The van der Waals surface area contributed by atoms with Crippen molar-refractivity contribution in [2.45, 2.75) is 27.7 Å². The molecule has 6 rings (SSSR count). The normalized spacial score (nSPS) is 8.94. The average Bonchev–Trinajstić information content (AvgIpc) is 3.32. The molecule has 0 saturated carbocycles. The number of benzene rings is 4. The third kappa shape index (κ3) is 24.6. The minimum absolute atomic E-state index is 0. The summed E-state index contributed by atoms with van der Waals surface area (Å²) in [5.74, 6) is -4.41. The Morgan fingerprint density at radius 2 is 0.562 bits per heavy atom. The third-order valence-electron chi connectivity index (χ3n) is 7.96.